The van der Waals surface area contributed by atoms with Crippen LogP contribution in [0.2, 0.25) is 0 Å². The van der Waals surface area contributed by atoms with Gasteiger partial charge in [0.1, 0.15) is 0 Å². The van der Waals surface area contributed by atoms with Gasteiger partial charge in [0.25, 0.3) is 0 Å². The van der Waals surface area contributed by atoms with E-state index in [4.69, 9.17) is 0 Å². The molecule has 0 radical (unpaired) electrons. The van der Waals surface area contributed by atoms with Gasteiger partial charge in [-0.25, -0.2) is 0 Å². The van der Waals surface area contributed by atoms with Gasteiger partial charge in [0.05, 0.1) is 6.54 Å². The standard InChI is InChI=1S/C12H23N3O2/c1-9(2)6-14-11(16)7-13-10-4-5-12(17)15(3)8-10/h9-10,13H,4-8H2,1-3H3,(H,14,16). The Balaban J connectivity index is 2.18. The number of piperidine rings is 1. The lowest BCUT2D eigenvalue weighted by molar-refractivity contribution is -0.132. The predicted molar refractivity (Wildman–Crippen MR) is 66.5 cm³/mol. The monoisotopic (exact) mass is 241 g/mol. The molecule has 0 aromatic heterocycles. The summed E-state index contributed by atoms with van der Waals surface area (Å²) in [7, 11) is 1.80. The fraction of sp³-hybridized carbons (Fsp3) is 0.833. The average molecular weight is 241 g/mol. The van der Waals surface area contributed by atoms with Crippen molar-refractivity contribution < 1.29 is 9.59 Å². The van der Waals surface area contributed by atoms with Crippen LogP contribution < -0.4 is 10.6 Å². The third-order valence-electron chi connectivity index (χ3n) is 2.89. The number of nitrogens with zero attached hydrogens (tertiary/aromatic N) is 1. The van der Waals surface area contributed by atoms with E-state index in [0.29, 0.717) is 32.0 Å². The van der Waals surface area contributed by atoms with Crippen LogP contribution in [-0.2, 0) is 9.59 Å². The highest BCUT2D eigenvalue weighted by Gasteiger charge is 2.22. The maximum Gasteiger partial charge on any atom is 0.233 e. The van der Waals surface area contributed by atoms with Gasteiger partial charge in [-0.15, -0.1) is 0 Å². The first kappa shape index (κ1) is 14.0. The van der Waals surface area contributed by atoms with Gasteiger partial charge >= 0.3 is 0 Å². The van der Waals surface area contributed by atoms with Gasteiger partial charge in [0, 0.05) is 32.6 Å². The Morgan fingerprint density at radius 2 is 2.24 bits per heavy atom. The molecule has 0 spiro atoms. The van der Waals surface area contributed by atoms with Crippen molar-refractivity contribution >= 4 is 11.8 Å². The topological polar surface area (TPSA) is 61.4 Å². The maximum absolute atomic E-state index is 11.5. The molecule has 5 heteroatoms. The Morgan fingerprint density at radius 1 is 1.53 bits per heavy atom. The molecule has 2 amide bonds. The zero-order valence-corrected chi connectivity index (χ0v) is 11.0. The number of likely N-dealkylation sites (tertiary alicyclic amines) is 1. The van der Waals surface area contributed by atoms with Crippen LogP contribution in [0.5, 0.6) is 0 Å². The van der Waals surface area contributed by atoms with Crippen LogP contribution in [0.15, 0.2) is 0 Å². The van der Waals surface area contributed by atoms with Gasteiger partial charge in [0.2, 0.25) is 11.8 Å². The predicted octanol–water partition coefficient (Wildman–Crippen LogP) is -0.0310. The molecule has 1 aliphatic rings. The molecule has 0 bridgehead atoms. The number of carbonyl (C=O) groups is 2. The van der Waals surface area contributed by atoms with Crippen molar-refractivity contribution in [3.8, 4) is 0 Å². The molecule has 1 saturated heterocycles. The van der Waals surface area contributed by atoms with Crippen molar-refractivity contribution in [1.82, 2.24) is 15.5 Å². The third-order valence-corrected chi connectivity index (χ3v) is 2.89. The van der Waals surface area contributed by atoms with E-state index >= 15 is 0 Å². The maximum atomic E-state index is 11.5. The van der Waals surface area contributed by atoms with Gasteiger partial charge in [-0.05, 0) is 12.3 Å². The van der Waals surface area contributed by atoms with Crippen LogP contribution in [-0.4, -0.2) is 49.4 Å². The molecular weight excluding hydrogens is 218 g/mol. The fourth-order valence-corrected chi connectivity index (χ4v) is 1.80. The van der Waals surface area contributed by atoms with E-state index in [1.54, 1.807) is 11.9 Å². The number of amides is 2. The molecule has 0 aliphatic carbocycles. The molecule has 17 heavy (non-hydrogen) atoms. The smallest absolute Gasteiger partial charge is 0.233 e. The van der Waals surface area contributed by atoms with Crippen LogP contribution in [0, 0.1) is 5.92 Å². The number of carbonyl (C=O) groups excluding carboxylic acids is 2. The summed E-state index contributed by atoms with van der Waals surface area (Å²) in [4.78, 5) is 24.5. The molecule has 5 nitrogen and oxygen atoms in total. The molecule has 1 aliphatic heterocycles. The van der Waals surface area contributed by atoms with Crippen LogP contribution >= 0.6 is 0 Å². The summed E-state index contributed by atoms with van der Waals surface area (Å²) in [6.07, 6.45) is 1.39. The molecule has 1 atom stereocenters. The summed E-state index contributed by atoms with van der Waals surface area (Å²) < 4.78 is 0. The minimum Gasteiger partial charge on any atom is -0.355 e. The van der Waals surface area contributed by atoms with Gasteiger partial charge in [0.15, 0.2) is 0 Å². The molecular formula is C12H23N3O2. The second-order valence-corrected chi connectivity index (χ2v) is 5.09. The van der Waals surface area contributed by atoms with Gasteiger partial charge < -0.3 is 15.5 Å². The highest BCUT2D eigenvalue weighted by Crippen LogP contribution is 2.08. The minimum atomic E-state index is 0.0262. The van der Waals surface area contributed by atoms with Crippen molar-refractivity contribution in [1.29, 1.82) is 0 Å². The van der Waals surface area contributed by atoms with E-state index in [9.17, 15) is 9.59 Å². The van der Waals surface area contributed by atoms with Crippen LogP contribution in [0.3, 0.4) is 0 Å². The Hall–Kier alpha value is -1.10. The number of nitrogens with one attached hydrogen (secondary N) is 2. The zero-order valence-electron chi connectivity index (χ0n) is 11.0. The molecule has 1 unspecified atom stereocenters. The van der Waals surface area contributed by atoms with Crippen LogP contribution in [0.1, 0.15) is 26.7 Å². The van der Waals surface area contributed by atoms with Crippen molar-refractivity contribution in [2.75, 3.05) is 26.7 Å². The molecule has 1 rings (SSSR count). The summed E-state index contributed by atoms with van der Waals surface area (Å²) in [6, 6.07) is 0.238. The van der Waals surface area contributed by atoms with Crippen LogP contribution in [0.25, 0.3) is 0 Å². The molecule has 98 valence electrons. The number of likely N-dealkylation sites (N-methyl/N-ethyl adjacent to an activating group) is 1. The lowest BCUT2D eigenvalue weighted by atomic mass is 10.1. The lowest BCUT2D eigenvalue weighted by Gasteiger charge is -2.30. The highest BCUT2D eigenvalue weighted by atomic mass is 16.2. The van der Waals surface area contributed by atoms with Crippen molar-refractivity contribution in [3.63, 3.8) is 0 Å². The second kappa shape index (κ2) is 6.59. The summed E-state index contributed by atoms with van der Waals surface area (Å²) in [6.45, 7) is 5.87. The normalized spacial score (nSPS) is 20.8. The largest absolute Gasteiger partial charge is 0.355 e. The Labute approximate surface area is 103 Å². The summed E-state index contributed by atoms with van der Waals surface area (Å²) in [5.74, 6) is 0.683. The third kappa shape index (κ3) is 5.17. The van der Waals surface area contributed by atoms with Crippen molar-refractivity contribution in [3.05, 3.63) is 0 Å². The number of hydrogen-bond donors (Lipinski definition) is 2. The lowest BCUT2D eigenvalue weighted by Crippen LogP contribution is -2.49. The SMILES string of the molecule is CC(C)CNC(=O)CNC1CCC(=O)N(C)C1. The number of rotatable bonds is 5. The van der Waals surface area contributed by atoms with E-state index in [1.165, 1.54) is 0 Å². The van der Waals surface area contributed by atoms with E-state index in [0.717, 1.165) is 6.42 Å². The molecule has 1 fully saturated rings. The van der Waals surface area contributed by atoms with Gasteiger partial charge in [-0.1, -0.05) is 13.8 Å². The second-order valence-electron chi connectivity index (χ2n) is 5.09. The summed E-state index contributed by atoms with van der Waals surface area (Å²) in [5, 5.41) is 6.05. The van der Waals surface area contributed by atoms with Gasteiger partial charge in [-0.2, -0.15) is 0 Å². The molecule has 0 saturated carbocycles. The van der Waals surface area contributed by atoms with E-state index < -0.39 is 0 Å². The summed E-state index contributed by atoms with van der Waals surface area (Å²) in [5.41, 5.74) is 0. The van der Waals surface area contributed by atoms with E-state index in [1.807, 2.05) is 0 Å². The molecule has 2 N–H and O–H groups in total. The molecule has 0 aromatic carbocycles. The first-order chi connectivity index (χ1) is 7.99. The first-order valence-corrected chi connectivity index (χ1v) is 6.23. The van der Waals surface area contributed by atoms with Crippen molar-refractivity contribution in [2.24, 2.45) is 5.92 Å². The van der Waals surface area contributed by atoms with Gasteiger partial charge in [-0.3, -0.25) is 9.59 Å². The first-order valence-electron chi connectivity index (χ1n) is 6.23. The quantitative estimate of drug-likeness (QED) is 0.710. The fourth-order valence-electron chi connectivity index (χ4n) is 1.80. The number of hydrogen-bond acceptors (Lipinski definition) is 3. The average Bonchev–Trinajstić information content (AvgIpc) is 2.28. The Bertz CT molecular complexity index is 279. The van der Waals surface area contributed by atoms with E-state index in [2.05, 4.69) is 24.5 Å². The summed E-state index contributed by atoms with van der Waals surface area (Å²) >= 11 is 0. The van der Waals surface area contributed by atoms with E-state index in [-0.39, 0.29) is 17.9 Å². The Kier molecular flexibility index (Phi) is 5.41. The van der Waals surface area contributed by atoms with Crippen molar-refractivity contribution in [2.45, 2.75) is 32.7 Å². The highest BCUT2D eigenvalue weighted by molar-refractivity contribution is 5.78. The Morgan fingerprint density at radius 3 is 2.82 bits per heavy atom. The molecule has 0 aromatic rings. The molecule has 1 heterocycles. The van der Waals surface area contributed by atoms with Crippen LogP contribution in [0.4, 0.5) is 0 Å². The zero-order chi connectivity index (χ0) is 12.8. The minimum absolute atomic E-state index is 0.0262.